The van der Waals surface area contributed by atoms with Crippen molar-refractivity contribution in [2.24, 2.45) is 0 Å². The normalized spacial score (nSPS) is 18.9. The monoisotopic (exact) mass is 282 g/mol. The van der Waals surface area contributed by atoms with Gasteiger partial charge < -0.3 is 15.4 Å². The molecule has 0 amide bonds. The molecule has 0 saturated heterocycles. The number of hydrogen-bond donors (Lipinski definition) is 1. The molecule has 2 aromatic rings. The molecular formula is C18H22N2O. The van der Waals surface area contributed by atoms with Gasteiger partial charge in [0.2, 0.25) is 0 Å². The van der Waals surface area contributed by atoms with E-state index in [1.165, 1.54) is 16.7 Å². The van der Waals surface area contributed by atoms with E-state index < -0.39 is 0 Å². The van der Waals surface area contributed by atoms with Gasteiger partial charge in [-0.25, -0.2) is 0 Å². The third-order valence-corrected chi connectivity index (χ3v) is 4.32. The molecular weight excluding hydrogens is 260 g/mol. The first-order valence-electron chi connectivity index (χ1n) is 7.38. The number of ether oxygens (including phenoxy) is 1. The van der Waals surface area contributed by atoms with Crippen LogP contribution in [0.5, 0.6) is 5.75 Å². The summed E-state index contributed by atoms with van der Waals surface area (Å²) in [4.78, 5) is 2.40. The van der Waals surface area contributed by atoms with Crippen LogP contribution in [0, 0.1) is 0 Å². The van der Waals surface area contributed by atoms with Crippen LogP contribution in [0.4, 0.5) is 5.69 Å². The summed E-state index contributed by atoms with van der Waals surface area (Å²) < 4.78 is 5.42. The second kappa shape index (κ2) is 5.78. The van der Waals surface area contributed by atoms with E-state index in [-0.39, 0.29) is 0 Å². The van der Waals surface area contributed by atoms with E-state index in [1.807, 2.05) is 12.1 Å². The molecule has 1 aliphatic rings. The van der Waals surface area contributed by atoms with Crippen molar-refractivity contribution in [1.82, 2.24) is 4.90 Å². The Bertz CT molecular complexity index is 622. The van der Waals surface area contributed by atoms with Gasteiger partial charge >= 0.3 is 0 Å². The SMILES string of the molecule is COc1ccc2c(c1)[C@@H](c1ccc(N)cc1)CN(C)CC2. The van der Waals surface area contributed by atoms with Gasteiger partial charge in [-0.3, -0.25) is 0 Å². The fraction of sp³-hybridized carbons (Fsp3) is 0.333. The number of fused-ring (bicyclic) bond motifs is 1. The Morgan fingerprint density at radius 3 is 2.62 bits per heavy atom. The Balaban J connectivity index is 2.07. The molecule has 1 heterocycles. The number of anilines is 1. The van der Waals surface area contributed by atoms with Crippen LogP contribution in [-0.2, 0) is 6.42 Å². The lowest BCUT2D eigenvalue weighted by Gasteiger charge is -2.22. The highest BCUT2D eigenvalue weighted by Gasteiger charge is 2.23. The van der Waals surface area contributed by atoms with Crippen LogP contribution in [0.25, 0.3) is 0 Å². The van der Waals surface area contributed by atoms with Crippen LogP contribution in [0.3, 0.4) is 0 Å². The lowest BCUT2D eigenvalue weighted by Crippen LogP contribution is -2.24. The molecule has 3 nitrogen and oxygen atoms in total. The Morgan fingerprint density at radius 2 is 1.90 bits per heavy atom. The van der Waals surface area contributed by atoms with E-state index in [0.29, 0.717) is 5.92 Å². The van der Waals surface area contributed by atoms with Crippen LogP contribution in [0.1, 0.15) is 22.6 Å². The number of methoxy groups -OCH3 is 1. The average Bonchev–Trinajstić information content (AvgIpc) is 2.67. The van der Waals surface area contributed by atoms with Gasteiger partial charge in [0.15, 0.2) is 0 Å². The topological polar surface area (TPSA) is 38.5 Å². The Hall–Kier alpha value is -2.00. The molecule has 0 aliphatic carbocycles. The van der Waals surface area contributed by atoms with Crippen LogP contribution in [0.2, 0.25) is 0 Å². The summed E-state index contributed by atoms with van der Waals surface area (Å²) in [5.74, 6) is 1.29. The molecule has 0 fully saturated rings. The van der Waals surface area contributed by atoms with Crippen LogP contribution >= 0.6 is 0 Å². The van der Waals surface area contributed by atoms with Crippen LogP contribution < -0.4 is 10.5 Å². The predicted molar refractivity (Wildman–Crippen MR) is 86.9 cm³/mol. The highest BCUT2D eigenvalue weighted by Crippen LogP contribution is 2.33. The second-order valence-corrected chi connectivity index (χ2v) is 5.80. The van der Waals surface area contributed by atoms with Gasteiger partial charge in [0.1, 0.15) is 5.75 Å². The van der Waals surface area contributed by atoms with Crippen molar-refractivity contribution >= 4 is 5.69 Å². The first-order valence-corrected chi connectivity index (χ1v) is 7.38. The zero-order valence-corrected chi connectivity index (χ0v) is 12.7. The molecule has 0 radical (unpaired) electrons. The summed E-state index contributed by atoms with van der Waals surface area (Å²) in [5, 5.41) is 0. The fourth-order valence-corrected chi connectivity index (χ4v) is 3.08. The Morgan fingerprint density at radius 1 is 1.14 bits per heavy atom. The predicted octanol–water partition coefficient (Wildman–Crippen LogP) is 2.90. The molecule has 3 heteroatoms. The summed E-state index contributed by atoms with van der Waals surface area (Å²) in [6.45, 7) is 2.11. The van der Waals surface area contributed by atoms with E-state index >= 15 is 0 Å². The molecule has 1 aliphatic heterocycles. The zero-order valence-electron chi connectivity index (χ0n) is 12.7. The minimum Gasteiger partial charge on any atom is -0.497 e. The highest BCUT2D eigenvalue weighted by molar-refractivity contribution is 5.47. The first kappa shape index (κ1) is 14.0. The van der Waals surface area contributed by atoms with Gasteiger partial charge in [0.25, 0.3) is 0 Å². The van der Waals surface area contributed by atoms with E-state index in [0.717, 1.165) is 30.9 Å². The van der Waals surface area contributed by atoms with E-state index in [4.69, 9.17) is 10.5 Å². The van der Waals surface area contributed by atoms with Gasteiger partial charge in [0, 0.05) is 24.7 Å². The van der Waals surface area contributed by atoms with Crippen molar-refractivity contribution in [2.75, 3.05) is 33.0 Å². The standard InChI is InChI=1S/C18H22N2O/c1-20-10-9-14-5-8-16(21-2)11-17(14)18(12-20)13-3-6-15(19)7-4-13/h3-8,11,18H,9-10,12,19H2,1-2H3/t18-/m1/s1. The van der Waals surface area contributed by atoms with Gasteiger partial charge in [-0.1, -0.05) is 18.2 Å². The minimum atomic E-state index is 0.364. The van der Waals surface area contributed by atoms with Gasteiger partial charge in [-0.15, -0.1) is 0 Å². The van der Waals surface area contributed by atoms with Crippen LogP contribution in [-0.4, -0.2) is 32.1 Å². The van der Waals surface area contributed by atoms with Gasteiger partial charge in [0.05, 0.1) is 7.11 Å². The molecule has 21 heavy (non-hydrogen) atoms. The van der Waals surface area contributed by atoms with Crippen molar-refractivity contribution in [3.8, 4) is 5.75 Å². The maximum absolute atomic E-state index is 5.82. The van der Waals surface area contributed by atoms with Gasteiger partial charge in [-0.05, 0) is 54.4 Å². The summed E-state index contributed by atoms with van der Waals surface area (Å²) in [5.41, 5.74) is 10.7. The molecule has 0 unspecified atom stereocenters. The lowest BCUT2D eigenvalue weighted by atomic mass is 9.88. The number of likely N-dealkylation sites (N-methyl/N-ethyl adjacent to an activating group) is 1. The Kier molecular flexibility index (Phi) is 3.84. The van der Waals surface area contributed by atoms with E-state index in [2.05, 4.69) is 42.3 Å². The van der Waals surface area contributed by atoms with E-state index in [1.54, 1.807) is 7.11 Å². The molecule has 2 N–H and O–H groups in total. The largest absolute Gasteiger partial charge is 0.497 e. The number of nitrogens with zero attached hydrogens (tertiary/aromatic N) is 1. The maximum atomic E-state index is 5.82. The van der Waals surface area contributed by atoms with Crippen molar-refractivity contribution in [3.05, 3.63) is 59.2 Å². The molecule has 0 aromatic heterocycles. The first-order chi connectivity index (χ1) is 10.2. The van der Waals surface area contributed by atoms with Crippen molar-refractivity contribution in [1.29, 1.82) is 0 Å². The van der Waals surface area contributed by atoms with Crippen molar-refractivity contribution in [2.45, 2.75) is 12.3 Å². The number of nitrogen functional groups attached to an aromatic ring is 1. The molecule has 0 bridgehead atoms. The number of hydrogen-bond acceptors (Lipinski definition) is 3. The Labute approximate surface area is 126 Å². The highest BCUT2D eigenvalue weighted by atomic mass is 16.5. The summed E-state index contributed by atoms with van der Waals surface area (Å²) in [6, 6.07) is 14.7. The summed E-state index contributed by atoms with van der Waals surface area (Å²) in [6.07, 6.45) is 1.08. The molecule has 110 valence electrons. The van der Waals surface area contributed by atoms with Gasteiger partial charge in [-0.2, -0.15) is 0 Å². The fourth-order valence-electron chi connectivity index (χ4n) is 3.08. The maximum Gasteiger partial charge on any atom is 0.119 e. The van der Waals surface area contributed by atoms with Crippen LogP contribution in [0.15, 0.2) is 42.5 Å². The molecule has 0 saturated carbocycles. The smallest absolute Gasteiger partial charge is 0.119 e. The summed E-state index contributed by atoms with van der Waals surface area (Å²) in [7, 11) is 3.91. The molecule has 1 atom stereocenters. The summed E-state index contributed by atoms with van der Waals surface area (Å²) >= 11 is 0. The van der Waals surface area contributed by atoms with E-state index in [9.17, 15) is 0 Å². The lowest BCUT2D eigenvalue weighted by molar-refractivity contribution is 0.338. The second-order valence-electron chi connectivity index (χ2n) is 5.80. The quantitative estimate of drug-likeness (QED) is 0.861. The molecule has 3 rings (SSSR count). The van der Waals surface area contributed by atoms with Crippen molar-refractivity contribution in [3.63, 3.8) is 0 Å². The number of nitrogens with two attached hydrogens (primary N) is 1. The number of rotatable bonds is 2. The third kappa shape index (κ3) is 2.88. The number of benzene rings is 2. The molecule has 0 spiro atoms. The zero-order chi connectivity index (χ0) is 14.8. The molecule has 2 aromatic carbocycles. The third-order valence-electron chi connectivity index (χ3n) is 4.32. The van der Waals surface area contributed by atoms with Crippen molar-refractivity contribution < 1.29 is 4.74 Å². The minimum absolute atomic E-state index is 0.364. The average molecular weight is 282 g/mol.